The van der Waals surface area contributed by atoms with Crippen LogP contribution in [0, 0.1) is 0 Å². The third-order valence-corrected chi connectivity index (χ3v) is 3.79. The largest absolute Gasteiger partial charge is 0.395 e. The molecule has 0 saturated heterocycles. The van der Waals surface area contributed by atoms with Crippen molar-refractivity contribution in [2.75, 3.05) is 29.9 Å². The Kier molecular flexibility index (Phi) is 5.45. The molecular formula is C15H25N3O. The van der Waals surface area contributed by atoms with Gasteiger partial charge in [-0.05, 0) is 25.8 Å². The summed E-state index contributed by atoms with van der Waals surface area (Å²) >= 11 is 0. The molecule has 1 aromatic heterocycles. The van der Waals surface area contributed by atoms with Gasteiger partial charge in [-0.3, -0.25) is 4.98 Å². The molecule has 0 aromatic carbocycles. The lowest BCUT2D eigenvalue weighted by atomic mass is 9.94. The maximum atomic E-state index is 9.32. The van der Waals surface area contributed by atoms with Gasteiger partial charge in [-0.1, -0.05) is 19.3 Å². The first kappa shape index (κ1) is 14.1. The molecule has 0 bridgehead atoms. The molecule has 4 heteroatoms. The molecule has 2 N–H and O–H groups in total. The van der Waals surface area contributed by atoms with Crippen LogP contribution in [-0.2, 0) is 0 Å². The highest BCUT2D eigenvalue weighted by Crippen LogP contribution is 2.28. The van der Waals surface area contributed by atoms with E-state index in [4.69, 9.17) is 0 Å². The van der Waals surface area contributed by atoms with Gasteiger partial charge in [0, 0.05) is 19.1 Å². The molecule has 2 rings (SSSR count). The standard InChI is InChI=1S/C15H25N3O/c1-2-17-13-10-15(12-16-11-13)18(8-9-19)14-6-4-3-5-7-14/h10-12,14,17,19H,2-9H2,1H3. The van der Waals surface area contributed by atoms with Crippen LogP contribution in [0.2, 0.25) is 0 Å². The Hall–Kier alpha value is -1.29. The minimum atomic E-state index is 0.196. The smallest absolute Gasteiger partial charge is 0.0606 e. The quantitative estimate of drug-likeness (QED) is 0.828. The number of aliphatic hydroxyl groups excluding tert-OH is 1. The minimum Gasteiger partial charge on any atom is -0.395 e. The summed E-state index contributed by atoms with van der Waals surface area (Å²) in [5, 5.41) is 12.6. The number of rotatable bonds is 6. The lowest BCUT2D eigenvalue weighted by Gasteiger charge is -2.35. The number of aromatic nitrogens is 1. The Morgan fingerprint density at radius 3 is 2.79 bits per heavy atom. The van der Waals surface area contributed by atoms with Gasteiger partial charge in [-0.25, -0.2) is 0 Å². The van der Waals surface area contributed by atoms with Crippen molar-refractivity contribution in [3.8, 4) is 0 Å². The first-order valence-corrected chi connectivity index (χ1v) is 7.41. The van der Waals surface area contributed by atoms with Gasteiger partial charge in [0.05, 0.1) is 30.4 Å². The van der Waals surface area contributed by atoms with Crippen molar-refractivity contribution in [2.24, 2.45) is 0 Å². The van der Waals surface area contributed by atoms with Crippen LogP contribution in [0.1, 0.15) is 39.0 Å². The van der Waals surface area contributed by atoms with Crippen LogP contribution in [0.3, 0.4) is 0 Å². The van der Waals surface area contributed by atoms with Gasteiger partial charge < -0.3 is 15.3 Å². The number of hydrogen-bond donors (Lipinski definition) is 2. The summed E-state index contributed by atoms with van der Waals surface area (Å²) in [7, 11) is 0. The molecule has 0 unspecified atom stereocenters. The van der Waals surface area contributed by atoms with Gasteiger partial charge in [0.15, 0.2) is 0 Å². The van der Waals surface area contributed by atoms with Crippen LogP contribution in [-0.4, -0.2) is 35.8 Å². The van der Waals surface area contributed by atoms with E-state index in [1.165, 1.54) is 32.1 Å². The summed E-state index contributed by atoms with van der Waals surface area (Å²) in [6.45, 7) is 3.87. The third-order valence-electron chi connectivity index (χ3n) is 3.79. The Morgan fingerprint density at radius 1 is 1.32 bits per heavy atom. The van der Waals surface area contributed by atoms with Crippen molar-refractivity contribution in [1.29, 1.82) is 0 Å². The van der Waals surface area contributed by atoms with Crippen molar-refractivity contribution in [3.63, 3.8) is 0 Å². The van der Waals surface area contributed by atoms with E-state index < -0.39 is 0 Å². The van der Waals surface area contributed by atoms with E-state index in [1.807, 2.05) is 12.4 Å². The summed E-state index contributed by atoms with van der Waals surface area (Å²) in [6.07, 6.45) is 10.2. The monoisotopic (exact) mass is 263 g/mol. The van der Waals surface area contributed by atoms with E-state index in [0.717, 1.165) is 17.9 Å². The number of hydrogen-bond acceptors (Lipinski definition) is 4. The molecular weight excluding hydrogens is 238 g/mol. The van der Waals surface area contributed by atoms with E-state index in [1.54, 1.807) is 0 Å². The third kappa shape index (κ3) is 3.83. The Labute approximate surface area is 115 Å². The van der Waals surface area contributed by atoms with Gasteiger partial charge in [0.1, 0.15) is 0 Å². The van der Waals surface area contributed by atoms with Crippen LogP contribution in [0.5, 0.6) is 0 Å². The number of aliphatic hydroxyl groups is 1. The molecule has 1 aliphatic rings. The zero-order valence-corrected chi connectivity index (χ0v) is 11.8. The van der Waals surface area contributed by atoms with Crippen LogP contribution in [0.25, 0.3) is 0 Å². The molecule has 0 amide bonds. The van der Waals surface area contributed by atoms with E-state index in [9.17, 15) is 5.11 Å². The first-order chi connectivity index (χ1) is 9.35. The minimum absolute atomic E-state index is 0.196. The van der Waals surface area contributed by atoms with E-state index in [0.29, 0.717) is 12.6 Å². The predicted octanol–water partition coefficient (Wildman–Crippen LogP) is 2.64. The number of anilines is 2. The fourth-order valence-electron chi connectivity index (χ4n) is 2.91. The maximum absolute atomic E-state index is 9.32. The first-order valence-electron chi connectivity index (χ1n) is 7.41. The molecule has 4 nitrogen and oxygen atoms in total. The topological polar surface area (TPSA) is 48.4 Å². The number of nitrogens with one attached hydrogen (secondary N) is 1. The van der Waals surface area contributed by atoms with Crippen LogP contribution in [0.4, 0.5) is 11.4 Å². The Balaban J connectivity index is 2.14. The lowest BCUT2D eigenvalue weighted by Crippen LogP contribution is -2.39. The Bertz CT molecular complexity index is 377. The summed E-state index contributed by atoms with van der Waals surface area (Å²) in [4.78, 5) is 6.64. The molecule has 1 saturated carbocycles. The summed E-state index contributed by atoms with van der Waals surface area (Å²) in [5.41, 5.74) is 2.18. The van der Waals surface area contributed by atoms with E-state index in [-0.39, 0.29) is 6.61 Å². The molecule has 1 heterocycles. The molecule has 1 aromatic rings. The van der Waals surface area contributed by atoms with Gasteiger partial charge in [-0.15, -0.1) is 0 Å². The molecule has 106 valence electrons. The SMILES string of the molecule is CCNc1cncc(N(CCO)C2CCCCC2)c1. The van der Waals surface area contributed by atoms with Crippen molar-refractivity contribution >= 4 is 11.4 Å². The Morgan fingerprint density at radius 2 is 2.11 bits per heavy atom. The normalized spacial score (nSPS) is 16.3. The molecule has 0 spiro atoms. The second-order valence-electron chi connectivity index (χ2n) is 5.17. The summed E-state index contributed by atoms with van der Waals surface area (Å²) < 4.78 is 0. The summed E-state index contributed by atoms with van der Waals surface area (Å²) in [5.74, 6) is 0. The lowest BCUT2D eigenvalue weighted by molar-refractivity contribution is 0.290. The number of pyridine rings is 1. The van der Waals surface area contributed by atoms with Crippen molar-refractivity contribution < 1.29 is 5.11 Å². The predicted molar refractivity (Wildman–Crippen MR) is 79.7 cm³/mol. The van der Waals surface area contributed by atoms with Gasteiger partial charge in [0.25, 0.3) is 0 Å². The molecule has 1 aliphatic carbocycles. The van der Waals surface area contributed by atoms with E-state index in [2.05, 4.69) is 28.2 Å². The molecule has 0 aliphatic heterocycles. The van der Waals surface area contributed by atoms with Crippen LogP contribution < -0.4 is 10.2 Å². The zero-order valence-electron chi connectivity index (χ0n) is 11.8. The average molecular weight is 263 g/mol. The van der Waals surface area contributed by atoms with Crippen LogP contribution >= 0.6 is 0 Å². The molecule has 1 fully saturated rings. The van der Waals surface area contributed by atoms with Gasteiger partial charge in [0.2, 0.25) is 0 Å². The fourth-order valence-corrected chi connectivity index (χ4v) is 2.91. The highest BCUT2D eigenvalue weighted by Gasteiger charge is 2.21. The number of nitrogens with zero attached hydrogens (tertiary/aromatic N) is 2. The maximum Gasteiger partial charge on any atom is 0.0606 e. The van der Waals surface area contributed by atoms with Crippen molar-refractivity contribution in [2.45, 2.75) is 45.1 Å². The van der Waals surface area contributed by atoms with Gasteiger partial charge >= 0.3 is 0 Å². The molecule has 19 heavy (non-hydrogen) atoms. The fraction of sp³-hybridized carbons (Fsp3) is 0.667. The summed E-state index contributed by atoms with van der Waals surface area (Å²) in [6, 6.07) is 2.69. The second-order valence-corrected chi connectivity index (χ2v) is 5.17. The second kappa shape index (κ2) is 7.34. The highest BCUT2D eigenvalue weighted by atomic mass is 16.3. The van der Waals surface area contributed by atoms with Crippen LogP contribution in [0.15, 0.2) is 18.5 Å². The van der Waals surface area contributed by atoms with Gasteiger partial charge in [-0.2, -0.15) is 0 Å². The van der Waals surface area contributed by atoms with Crippen molar-refractivity contribution in [1.82, 2.24) is 4.98 Å². The highest BCUT2D eigenvalue weighted by molar-refractivity contribution is 5.56. The molecule has 0 atom stereocenters. The van der Waals surface area contributed by atoms with Crippen molar-refractivity contribution in [3.05, 3.63) is 18.5 Å². The molecule has 0 radical (unpaired) electrons. The zero-order chi connectivity index (χ0) is 13.5. The van der Waals surface area contributed by atoms with E-state index >= 15 is 0 Å². The average Bonchev–Trinajstić information content (AvgIpc) is 2.46.